The average molecular weight is 329 g/mol. The maximum atomic E-state index is 6.24. The SMILES string of the molecule is Cc1ccc(CCc2ccc(Cl)cc2CN2CCNCC2)cc1. The molecule has 1 aliphatic rings. The molecule has 23 heavy (non-hydrogen) atoms. The Hall–Kier alpha value is -1.35. The molecule has 0 aliphatic carbocycles. The number of halogens is 1. The molecule has 0 saturated carbocycles. The fourth-order valence-electron chi connectivity index (χ4n) is 3.13. The summed E-state index contributed by atoms with van der Waals surface area (Å²) < 4.78 is 0. The van der Waals surface area contributed by atoms with Gasteiger partial charge in [0, 0.05) is 37.7 Å². The topological polar surface area (TPSA) is 15.3 Å². The van der Waals surface area contributed by atoms with Gasteiger partial charge in [0.1, 0.15) is 0 Å². The van der Waals surface area contributed by atoms with Gasteiger partial charge in [0.15, 0.2) is 0 Å². The first-order chi connectivity index (χ1) is 11.2. The van der Waals surface area contributed by atoms with Crippen molar-refractivity contribution in [2.75, 3.05) is 26.2 Å². The Balaban J connectivity index is 1.69. The molecule has 2 aromatic carbocycles. The van der Waals surface area contributed by atoms with E-state index in [1.165, 1.54) is 22.3 Å². The summed E-state index contributed by atoms with van der Waals surface area (Å²) >= 11 is 6.24. The van der Waals surface area contributed by atoms with Crippen LogP contribution in [0.5, 0.6) is 0 Å². The Morgan fingerprint density at radius 3 is 2.43 bits per heavy atom. The zero-order valence-corrected chi connectivity index (χ0v) is 14.6. The van der Waals surface area contributed by atoms with Crippen LogP contribution in [0.3, 0.4) is 0 Å². The van der Waals surface area contributed by atoms with E-state index in [0.717, 1.165) is 50.6 Å². The van der Waals surface area contributed by atoms with Gasteiger partial charge < -0.3 is 5.32 Å². The number of nitrogens with zero attached hydrogens (tertiary/aromatic N) is 1. The van der Waals surface area contributed by atoms with Crippen molar-refractivity contribution in [3.05, 3.63) is 69.7 Å². The number of nitrogens with one attached hydrogen (secondary N) is 1. The number of hydrogen-bond acceptors (Lipinski definition) is 2. The lowest BCUT2D eigenvalue weighted by Crippen LogP contribution is -2.43. The van der Waals surface area contributed by atoms with Crippen molar-refractivity contribution >= 4 is 11.6 Å². The smallest absolute Gasteiger partial charge is 0.0409 e. The zero-order chi connectivity index (χ0) is 16.1. The van der Waals surface area contributed by atoms with Gasteiger partial charge in [-0.25, -0.2) is 0 Å². The van der Waals surface area contributed by atoms with E-state index in [2.05, 4.69) is 53.5 Å². The molecule has 122 valence electrons. The predicted molar refractivity (Wildman–Crippen MR) is 98.2 cm³/mol. The number of aryl methyl sites for hydroxylation is 3. The molecule has 0 radical (unpaired) electrons. The van der Waals surface area contributed by atoms with Crippen LogP contribution in [-0.4, -0.2) is 31.1 Å². The van der Waals surface area contributed by atoms with Crippen LogP contribution >= 0.6 is 11.6 Å². The summed E-state index contributed by atoms with van der Waals surface area (Å²) in [7, 11) is 0. The first kappa shape index (κ1) is 16.5. The van der Waals surface area contributed by atoms with Crippen molar-refractivity contribution in [1.29, 1.82) is 0 Å². The fourth-order valence-corrected chi connectivity index (χ4v) is 3.32. The molecular formula is C20H25ClN2. The Labute approximate surface area is 144 Å². The van der Waals surface area contributed by atoms with Gasteiger partial charge in [-0.3, -0.25) is 4.90 Å². The van der Waals surface area contributed by atoms with Crippen LogP contribution in [0, 0.1) is 6.92 Å². The molecule has 0 amide bonds. The second-order valence-corrected chi connectivity index (χ2v) is 6.86. The lowest BCUT2D eigenvalue weighted by molar-refractivity contribution is 0.232. The van der Waals surface area contributed by atoms with Gasteiger partial charge >= 0.3 is 0 Å². The molecule has 0 bridgehead atoms. The van der Waals surface area contributed by atoms with E-state index in [-0.39, 0.29) is 0 Å². The first-order valence-electron chi connectivity index (χ1n) is 8.46. The maximum Gasteiger partial charge on any atom is 0.0409 e. The van der Waals surface area contributed by atoms with E-state index in [1.807, 2.05) is 6.07 Å². The summed E-state index contributed by atoms with van der Waals surface area (Å²) in [5.41, 5.74) is 5.53. The molecule has 1 saturated heterocycles. The van der Waals surface area contributed by atoms with E-state index in [0.29, 0.717) is 0 Å². The fraction of sp³-hybridized carbons (Fsp3) is 0.400. The zero-order valence-electron chi connectivity index (χ0n) is 13.8. The molecule has 0 aromatic heterocycles. The number of rotatable bonds is 5. The van der Waals surface area contributed by atoms with Gasteiger partial charge in [0.05, 0.1) is 0 Å². The summed E-state index contributed by atoms with van der Waals surface area (Å²) in [4.78, 5) is 2.51. The van der Waals surface area contributed by atoms with E-state index in [1.54, 1.807) is 0 Å². The van der Waals surface area contributed by atoms with E-state index in [4.69, 9.17) is 11.6 Å². The number of benzene rings is 2. The minimum Gasteiger partial charge on any atom is -0.314 e. The van der Waals surface area contributed by atoms with Crippen LogP contribution in [0.4, 0.5) is 0 Å². The summed E-state index contributed by atoms with van der Waals surface area (Å²) in [6.07, 6.45) is 2.15. The molecule has 1 fully saturated rings. The van der Waals surface area contributed by atoms with Crippen molar-refractivity contribution < 1.29 is 0 Å². The molecule has 0 spiro atoms. The Morgan fingerprint density at radius 2 is 1.70 bits per heavy atom. The highest BCUT2D eigenvalue weighted by Gasteiger charge is 2.12. The van der Waals surface area contributed by atoms with Crippen LogP contribution < -0.4 is 5.32 Å². The van der Waals surface area contributed by atoms with Crippen LogP contribution in [0.2, 0.25) is 5.02 Å². The van der Waals surface area contributed by atoms with Crippen molar-refractivity contribution in [2.24, 2.45) is 0 Å². The highest BCUT2D eigenvalue weighted by atomic mass is 35.5. The summed E-state index contributed by atoms with van der Waals surface area (Å²) in [6.45, 7) is 7.53. The highest BCUT2D eigenvalue weighted by molar-refractivity contribution is 6.30. The largest absolute Gasteiger partial charge is 0.314 e. The van der Waals surface area contributed by atoms with Gasteiger partial charge in [-0.05, 0) is 48.6 Å². The van der Waals surface area contributed by atoms with Crippen molar-refractivity contribution in [2.45, 2.75) is 26.3 Å². The quantitative estimate of drug-likeness (QED) is 0.897. The van der Waals surface area contributed by atoms with Crippen LogP contribution in [0.15, 0.2) is 42.5 Å². The van der Waals surface area contributed by atoms with Crippen LogP contribution in [-0.2, 0) is 19.4 Å². The monoisotopic (exact) mass is 328 g/mol. The minimum absolute atomic E-state index is 0.842. The maximum absolute atomic E-state index is 6.24. The molecule has 3 heteroatoms. The summed E-state index contributed by atoms with van der Waals surface area (Å²) in [5, 5.41) is 4.25. The third-order valence-electron chi connectivity index (χ3n) is 4.58. The van der Waals surface area contributed by atoms with Gasteiger partial charge in [0.2, 0.25) is 0 Å². The molecule has 0 unspecified atom stereocenters. The molecule has 0 atom stereocenters. The van der Waals surface area contributed by atoms with Gasteiger partial charge in [-0.2, -0.15) is 0 Å². The number of hydrogen-bond donors (Lipinski definition) is 1. The Kier molecular flexibility index (Phi) is 5.71. The molecule has 2 nitrogen and oxygen atoms in total. The van der Waals surface area contributed by atoms with Crippen molar-refractivity contribution in [3.63, 3.8) is 0 Å². The Bertz CT molecular complexity index is 631. The molecular weight excluding hydrogens is 304 g/mol. The van der Waals surface area contributed by atoms with E-state index in [9.17, 15) is 0 Å². The predicted octanol–water partition coefficient (Wildman–Crippen LogP) is 3.84. The van der Waals surface area contributed by atoms with E-state index < -0.39 is 0 Å². The van der Waals surface area contributed by atoms with E-state index >= 15 is 0 Å². The van der Waals surface area contributed by atoms with Gasteiger partial charge in [-0.15, -0.1) is 0 Å². The van der Waals surface area contributed by atoms with Crippen LogP contribution in [0.25, 0.3) is 0 Å². The molecule has 3 rings (SSSR count). The Morgan fingerprint density at radius 1 is 0.957 bits per heavy atom. The second-order valence-electron chi connectivity index (χ2n) is 6.42. The van der Waals surface area contributed by atoms with Gasteiger partial charge in [-0.1, -0.05) is 47.5 Å². The minimum atomic E-state index is 0.842. The van der Waals surface area contributed by atoms with Crippen molar-refractivity contribution in [3.8, 4) is 0 Å². The van der Waals surface area contributed by atoms with Crippen LogP contribution in [0.1, 0.15) is 22.3 Å². The van der Waals surface area contributed by atoms with Gasteiger partial charge in [0.25, 0.3) is 0 Å². The highest BCUT2D eigenvalue weighted by Crippen LogP contribution is 2.20. The molecule has 2 aromatic rings. The normalized spacial score (nSPS) is 15.7. The van der Waals surface area contributed by atoms with Crippen molar-refractivity contribution in [1.82, 2.24) is 10.2 Å². The second kappa shape index (κ2) is 7.96. The molecule has 1 aliphatic heterocycles. The molecule has 1 heterocycles. The lowest BCUT2D eigenvalue weighted by atomic mass is 9.99. The number of piperazine rings is 1. The lowest BCUT2D eigenvalue weighted by Gasteiger charge is -2.28. The first-order valence-corrected chi connectivity index (χ1v) is 8.84. The summed E-state index contributed by atoms with van der Waals surface area (Å²) in [6, 6.07) is 15.2. The standard InChI is InChI=1S/C20H25ClN2/c1-16-2-4-17(5-3-16)6-7-18-8-9-20(21)14-19(18)15-23-12-10-22-11-13-23/h2-5,8-9,14,22H,6-7,10-13,15H2,1H3. The molecule has 1 N–H and O–H groups in total. The third-order valence-corrected chi connectivity index (χ3v) is 4.81. The average Bonchev–Trinajstić information content (AvgIpc) is 2.57. The third kappa shape index (κ3) is 4.81. The summed E-state index contributed by atoms with van der Waals surface area (Å²) in [5.74, 6) is 0.